The summed E-state index contributed by atoms with van der Waals surface area (Å²) in [4.78, 5) is 4.61. The molecule has 0 aliphatic carbocycles. The van der Waals surface area contributed by atoms with Gasteiger partial charge in [0.1, 0.15) is 5.00 Å². The first-order valence-corrected chi connectivity index (χ1v) is 6.89. The lowest BCUT2D eigenvalue weighted by Gasteiger charge is -1.99. The Kier molecular flexibility index (Phi) is 4.15. The molecule has 2 rings (SSSR count). The van der Waals surface area contributed by atoms with E-state index in [0.29, 0.717) is 0 Å². The fraction of sp³-hybridized carbons (Fsp3) is 0.357. The number of nitrogen functional groups attached to an aromatic ring is 1. The molecule has 0 spiro atoms. The zero-order valence-corrected chi connectivity index (χ0v) is 11.0. The Morgan fingerprint density at radius 1 is 1.12 bits per heavy atom. The fourth-order valence-electron chi connectivity index (χ4n) is 1.82. The number of nitrogens with two attached hydrogens (primary N) is 1. The first-order valence-electron chi connectivity index (χ1n) is 6.07. The molecular formula is C14H18N2S. The minimum absolute atomic E-state index is 0.893. The zero-order valence-electron chi connectivity index (χ0n) is 10.1. The number of benzene rings is 1. The summed E-state index contributed by atoms with van der Waals surface area (Å²) in [5.74, 6) is 0. The first-order chi connectivity index (χ1) is 8.29. The number of aromatic nitrogens is 1. The van der Waals surface area contributed by atoms with Crippen molar-refractivity contribution in [1.29, 1.82) is 0 Å². The topological polar surface area (TPSA) is 38.9 Å². The number of thiazole rings is 1. The molecule has 2 aromatic rings. The molecule has 0 aliphatic rings. The van der Waals surface area contributed by atoms with Crippen LogP contribution in [0.4, 0.5) is 5.00 Å². The molecule has 1 aromatic carbocycles. The van der Waals surface area contributed by atoms with Crippen LogP contribution >= 0.6 is 11.3 Å². The van der Waals surface area contributed by atoms with Gasteiger partial charge in [-0.15, -0.1) is 11.3 Å². The minimum Gasteiger partial charge on any atom is -0.389 e. The molecule has 0 saturated heterocycles. The second kappa shape index (κ2) is 5.82. The molecular weight excluding hydrogens is 228 g/mol. The van der Waals surface area contributed by atoms with Crippen molar-refractivity contribution < 1.29 is 0 Å². The van der Waals surface area contributed by atoms with E-state index in [1.54, 1.807) is 11.3 Å². The van der Waals surface area contributed by atoms with Crippen molar-refractivity contribution in [3.8, 4) is 0 Å². The standard InChI is InChI=1S/C14H18N2S/c1-2-6-13-16-12(14(15)17-13)10-9-11-7-4-3-5-8-11/h3-5,7-8H,2,6,9-10,15H2,1H3. The summed E-state index contributed by atoms with van der Waals surface area (Å²) in [5, 5.41) is 2.07. The Morgan fingerprint density at radius 3 is 2.59 bits per heavy atom. The van der Waals surface area contributed by atoms with Crippen molar-refractivity contribution >= 4 is 16.3 Å². The molecule has 17 heavy (non-hydrogen) atoms. The van der Waals surface area contributed by atoms with Crippen molar-refractivity contribution in [2.45, 2.75) is 32.6 Å². The maximum absolute atomic E-state index is 5.99. The maximum Gasteiger partial charge on any atom is 0.109 e. The van der Waals surface area contributed by atoms with Crippen LogP contribution in [0.5, 0.6) is 0 Å². The zero-order chi connectivity index (χ0) is 12.1. The highest BCUT2D eigenvalue weighted by Gasteiger charge is 2.07. The molecule has 0 atom stereocenters. The highest BCUT2D eigenvalue weighted by Crippen LogP contribution is 2.23. The predicted octanol–water partition coefficient (Wildman–Crippen LogP) is 3.46. The number of hydrogen-bond donors (Lipinski definition) is 1. The Bertz CT molecular complexity index is 462. The molecule has 0 fully saturated rings. The lowest BCUT2D eigenvalue weighted by atomic mass is 10.1. The van der Waals surface area contributed by atoms with Gasteiger partial charge in [0, 0.05) is 0 Å². The van der Waals surface area contributed by atoms with Crippen LogP contribution in [-0.4, -0.2) is 4.98 Å². The lowest BCUT2D eigenvalue weighted by molar-refractivity contribution is 0.873. The lowest BCUT2D eigenvalue weighted by Crippen LogP contribution is -1.95. The molecule has 1 aromatic heterocycles. The van der Waals surface area contributed by atoms with Gasteiger partial charge in [-0.3, -0.25) is 0 Å². The molecule has 0 aliphatic heterocycles. The maximum atomic E-state index is 5.99. The van der Waals surface area contributed by atoms with E-state index in [9.17, 15) is 0 Å². The number of nitrogens with zero attached hydrogens (tertiary/aromatic N) is 1. The normalized spacial score (nSPS) is 10.6. The van der Waals surface area contributed by atoms with E-state index in [4.69, 9.17) is 5.73 Å². The van der Waals surface area contributed by atoms with Crippen LogP contribution in [0, 0.1) is 0 Å². The average molecular weight is 246 g/mol. The van der Waals surface area contributed by atoms with Gasteiger partial charge in [-0.25, -0.2) is 4.98 Å². The first kappa shape index (κ1) is 12.1. The second-order valence-corrected chi connectivity index (χ2v) is 5.27. The van der Waals surface area contributed by atoms with Crippen molar-refractivity contribution in [2.75, 3.05) is 5.73 Å². The van der Waals surface area contributed by atoms with Gasteiger partial charge in [0.2, 0.25) is 0 Å². The molecule has 0 amide bonds. The van der Waals surface area contributed by atoms with Crippen LogP contribution in [0.2, 0.25) is 0 Å². The van der Waals surface area contributed by atoms with Gasteiger partial charge in [-0.05, 0) is 31.2 Å². The van der Waals surface area contributed by atoms with E-state index in [1.165, 1.54) is 10.6 Å². The van der Waals surface area contributed by atoms with E-state index in [1.807, 2.05) is 6.07 Å². The molecule has 0 radical (unpaired) electrons. The van der Waals surface area contributed by atoms with Crippen LogP contribution in [0.3, 0.4) is 0 Å². The summed E-state index contributed by atoms with van der Waals surface area (Å²) >= 11 is 1.64. The summed E-state index contributed by atoms with van der Waals surface area (Å²) < 4.78 is 0. The van der Waals surface area contributed by atoms with Crippen molar-refractivity contribution in [3.05, 3.63) is 46.6 Å². The van der Waals surface area contributed by atoms with Crippen LogP contribution in [0.15, 0.2) is 30.3 Å². The fourth-order valence-corrected chi connectivity index (χ4v) is 2.80. The van der Waals surface area contributed by atoms with Crippen molar-refractivity contribution in [2.24, 2.45) is 0 Å². The van der Waals surface area contributed by atoms with Gasteiger partial charge < -0.3 is 5.73 Å². The van der Waals surface area contributed by atoms with E-state index in [0.717, 1.165) is 36.4 Å². The third-order valence-corrected chi connectivity index (χ3v) is 3.72. The van der Waals surface area contributed by atoms with Gasteiger partial charge in [-0.2, -0.15) is 0 Å². The van der Waals surface area contributed by atoms with Gasteiger partial charge in [0.25, 0.3) is 0 Å². The van der Waals surface area contributed by atoms with E-state index in [2.05, 4.69) is 36.2 Å². The Hall–Kier alpha value is -1.35. The van der Waals surface area contributed by atoms with Crippen molar-refractivity contribution in [1.82, 2.24) is 4.98 Å². The molecule has 0 saturated carbocycles. The van der Waals surface area contributed by atoms with E-state index >= 15 is 0 Å². The van der Waals surface area contributed by atoms with Crippen molar-refractivity contribution in [3.63, 3.8) is 0 Å². The SMILES string of the molecule is CCCc1nc(CCc2ccccc2)c(N)s1. The Morgan fingerprint density at radius 2 is 1.88 bits per heavy atom. The van der Waals surface area contributed by atoms with Crippen LogP contribution in [-0.2, 0) is 19.3 Å². The minimum atomic E-state index is 0.893. The summed E-state index contributed by atoms with van der Waals surface area (Å²) in [6.45, 7) is 2.17. The summed E-state index contributed by atoms with van der Waals surface area (Å²) in [5.41, 5.74) is 8.41. The van der Waals surface area contributed by atoms with Gasteiger partial charge >= 0.3 is 0 Å². The molecule has 1 heterocycles. The molecule has 0 unspecified atom stereocenters. The monoisotopic (exact) mass is 246 g/mol. The second-order valence-electron chi connectivity index (χ2n) is 4.15. The Labute approximate surface area is 107 Å². The summed E-state index contributed by atoms with van der Waals surface area (Å²) in [6, 6.07) is 10.5. The summed E-state index contributed by atoms with van der Waals surface area (Å²) in [6.07, 6.45) is 4.13. The molecule has 2 nitrogen and oxygen atoms in total. The average Bonchev–Trinajstić information content (AvgIpc) is 2.69. The molecule has 0 bridgehead atoms. The van der Waals surface area contributed by atoms with Crippen LogP contribution < -0.4 is 5.73 Å². The number of anilines is 1. The molecule has 2 N–H and O–H groups in total. The van der Waals surface area contributed by atoms with Crippen LogP contribution in [0.1, 0.15) is 29.6 Å². The quantitative estimate of drug-likeness (QED) is 0.877. The van der Waals surface area contributed by atoms with Crippen LogP contribution in [0.25, 0.3) is 0 Å². The number of hydrogen-bond acceptors (Lipinski definition) is 3. The molecule has 3 heteroatoms. The third-order valence-electron chi connectivity index (χ3n) is 2.73. The van der Waals surface area contributed by atoms with E-state index < -0.39 is 0 Å². The van der Waals surface area contributed by atoms with Gasteiger partial charge in [0.15, 0.2) is 0 Å². The predicted molar refractivity (Wildman–Crippen MR) is 74.4 cm³/mol. The smallest absolute Gasteiger partial charge is 0.109 e. The highest BCUT2D eigenvalue weighted by atomic mass is 32.1. The van der Waals surface area contributed by atoms with Gasteiger partial charge in [0.05, 0.1) is 10.7 Å². The third kappa shape index (κ3) is 3.30. The largest absolute Gasteiger partial charge is 0.389 e. The summed E-state index contributed by atoms with van der Waals surface area (Å²) in [7, 11) is 0. The highest BCUT2D eigenvalue weighted by molar-refractivity contribution is 7.15. The van der Waals surface area contributed by atoms with Gasteiger partial charge in [-0.1, -0.05) is 37.3 Å². The van der Waals surface area contributed by atoms with E-state index in [-0.39, 0.29) is 0 Å². The Balaban J connectivity index is 1.99. The molecule has 90 valence electrons. The number of aryl methyl sites for hydroxylation is 3. The number of rotatable bonds is 5.